The minimum atomic E-state index is 0.0493. The van der Waals surface area contributed by atoms with E-state index in [0.717, 1.165) is 12.8 Å². The van der Waals surface area contributed by atoms with E-state index in [0.29, 0.717) is 28.8 Å². The molecule has 21 heavy (non-hydrogen) atoms. The summed E-state index contributed by atoms with van der Waals surface area (Å²) in [7, 11) is 0. The number of rotatable bonds is 6. The van der Waals surface area contributed by atoms with Gasteiger partial charge in [-0.15, -0.1) is 0 Å². The number of nitrogens with one attached hydrogen (secondary N) is 1. The van der Waals surface area contributed by atoms with Crippen molar-refractivity contribution in [1.82, 2.24) is 0 Å². The average Bonchev–Trinajstić information content (AvgIpc) is 2.47. The Kier molecular flexibility index (Phi) is 5.99. The molecule has 0 aliphatic heterocycles. The van der Waals surface area contributed by atoms with Gasteiger partial charge in [0.15, 0.2) is 0 Å². The van der Waals surface area contributed by atoms with E-state index in [1.807, 2.05) is 18.2 Å². The van der Waals surface area contributed by atoms with Crippen LogP contribution >= 0.6 is 12.2 Å². The summed E-state index contributed by atoms with van der Waals surface area (Å²) in [5, 5.41) is 2.93. The summed E-state index contributed by atoms with van der Waals surface area (Å²) < 4.78 is 5.51. The van der Waals surface area contributed by atoms with Crippen molar-refractivity contribution in [1.29, 1.82) is 0 Å². The lowest BCUT2D eigenvalue weighted by Gasteiger charge is -2.21. The highest BCUT2D eigenvalue weighted by Gasteiger charge is 2.17. The molecule has 5 heteroatoms. The Labute approximate surface area is 131 Å². The van der Waals surface area contributed by atoms with E-state index in [1.165, 1.54) is 19.3 Å². The lowest BCUT2D eigenvalue weighted by atomic mass is 9.87. The summed E-state index contributed by atoms with van der Waals surface area (Å²) in [6, 6.07) is 7.34. The van der Waals surface area contributed by atoms with Crippen LogP contribution in [0.1, 0.15) is 38.5 Å². The Morgan fingerprint density at radius 1 is 1.29 bits per heavy atom. The van der Waals surface area contributed by atoms with Crippen LogP contribution in [0.4, 0.5) is 5.69 Å². The number of benzene rings is 1. The van der Waals surface area contributed by atoms with Crippen molar-refractivity contribution in [2.24, 2.45) is 11.7 Å². The van der Waals surface area contributed by atoms with Crippen LogP contribution in [0, 0.1) is 5.92 Å². The van der Waals surface area contributed by atoms with Crippen LogP contribution in [0.3, 0.4) is 0 Å². The number of amides is 1. The predicted octanol–water partition coefficient (Wildman–Crippen LogP) is 3.26. The molecule has 0 unspecified atom stereocenters. The van der Waals surface area contributed by atoms with Crippen LogP contribution in [0.2, 0.25) is 0 Å². The third-order valence-corrected chi connectivity index (χ3v) is 3.85. The van der Waals surface area contributed by atoms with Crippen molar-refractivity contribution in [2.45, 2.75) is 38.5 Å². The molecule has 1 aromatic rings. The Bertz CT molecular complexity index is 499. The van der Waals surface area contributed by atoms with Crippen LogP contribution < -0.4 is 15.8 Å². The molecule has 0 atom stereocenters. The van der Waals surface area contributed by atoms with Crippen molar-refractivity contribution in [3.63, 3.8) is 0 Å². The number of para-hydroxylation sites is 2. The lowest BCUT2D eigenvalue weighted by molar-refractivity contribution is -0.117. The molecule has 1 aromatic carbocycles. The molecule has 1 amide bonds. The third kappa shape index (κ3) is 5.34. The van der Waals surface area contributed by atoms with E-state index in [2.05, 4.69) is 5.32 Å². The first-order chi connectivity index (χ1) is 10.1. The minimum absolute atomic E-state index is 0.0493. The van der Waals surface area contributed by atoms with Crippen LogP contribution in [-0.4, -0.2) is 17.5 Å². The Balaban J connectivity index is 1.91. The summed E-state index contributed by atoms with van der Waals surface area (Å²) in [5.74, 6) is 1.17. The number of anilines is 1. The van der Waals surface area contributed by atoms with Gasteiger partial charge in [0.25, 0.3) is 0 Å². The fourth-order valence-electron chi connectivity index (χ4n) is 2.70. The monoisotopic (exact) mass is 306 g/mol. The van der Waals surface area contributed by atoms with Crippen molar-refractivity contribution in [3.05, 3.63) is 24.3 Å². The van der Waals surface area contributed by atoms with E-state index in [9.17, 15) is 4.79 Å². The van der Waals surface area contributed by atoms with Gasteiger partial charge in [0, 0.05) is 6.42 Å². The standard InChI is InChI=1S/C16H22N2O2S/c17-15(21)11-20-14-9-5-4-8-13(14)18-16(19)10-12-6-2-1-3-7-12/h4-5,8-9,12H,1-3,6-7,10-11H2,(H2,17,21)(H,18,19). The first-order valence-electron chi connectivity index (χ1n) is 7.45. The highest BCUT2D eigenvalue weighted by atomic mass is 32.1. The number of hydrogen-bond donors (Lipinski definition) is 2. The van der Waals surface area contributed by atoms with Gasteiger partial charge in [-0.25, -0.2) is 0 Å². The van der Waals surface area contributed by atoms with E-state index < -0.39 is 0 Å². The zero-order chi connectivity index (χ0) is 15.1. The molecule has 1 saturated carbocycles. The van der Waals surface area contributed by atoms with Gasteiger partial charge in [0.05, 0.1) is 5.69 Å². The molecule has 114 valence electrons. The second kappa shape index (κ2) is 7.98. The Hall–Kier alpha value is -1.62. The summed E-state index contributed by atoms with van der Waals surface area (Å²) in [6.45, 7) is 0.171. The highest BCUT2D eigenvalue weighted by molar-refractivity contribution is 7.80. The molecule has 1 fully saturated rings. The molecule has 1 aliphatic rings. The van der Waals surface area contributed by atoms with Gasteiger partial charge in [0.1, 0.15) is 17.3 Å². The molecule has 3 N–H and O–H groups in total. The van der Waals surface area contributed by atoms with Crippen molar-refractivity contribution < 1.29 is 9.53 Å². The van der Waals surface area contributed by atoms with Gasteiger partial charge in [-0.05, 0) is 30.9 Å². The minimum Gasteiger partial charge on any atom is -0.484 e. The number of thiocarbonyl (C=S) groups is 1. The first-order valence-corrected chi connectivity index (χ1v) is 7.86. The normalized spacial score (nSPS) is 15.4. The number of hydrogen-bond acceptors (Lipinski definition) is 3. The maximum Gasteiger partial charge on any atom is 0.224 e. The molecule has 0 saturated heterocycles. The molecule has 4 nitrogen and oxygen atoms in total. The summed E-state index contributed by atoms with van der Waals surface area (Å²) >= 11 is 4.80. The second-order valence-electron chi connectivity index (χ2n) is 5.51. The highest BCUT2D eigenvalue weighted by Crippen LogP contribution is 2.28. The molecular formula is C16H22N2O2S. The van der Waals surface area contributed by atoms with Gasteiger partial charge in [-0.3, -0.25) is 4.79 Å². The smallest absolute Gasteiger partial charge is 0.224 e. The van der Waals surface area contributed by atoms with Crippen molar-refractivity contribution in [3.8, 4) is 5.75 Å². The van der Waals surface area contributed by atoms with Crippen molar-refractivity contribution in [2.75, 3.05) is 11.9 Å². The maximum absolute atomic E-state index is 12.2. The molecule has 1 aliphatic carbocycles. The Morgan fingerprint density at radius 3 is 2.71 bits per heavy atom. The zero-order valence-corrected chi connectivity index (χ0v) is 13.0. The van der Waals surface area contributed by atoms with Gasteiger partial charge in [-0.1, -0.05) is 43.6 Å². The van der Waals surface area contributed by atoms with Gasteiger partial charge in [0.2, 0.25) is 5.91 Å². The molecule has 2 rings (SSSR count). The molecule has 0 bridgehead atoms. The Morgan fingerprint density at radius 2 is 2.00 bits per heavy atom. The molecule has 0 aromatic heterocycles. The van der Waals surface area contributed by atoms with Crippen molar-refractivity contribution >= 4 is 28.8 Å². The van der Waals surface area contributed by atoms with Crippen LogP contribution in [0.15, 0.2) is 24.3 Å². The topological polar surface area (TPSA) is 64.3 Å². The van der Waals surface area contributed by atoms with Crippen LogP contribution in [0.25, 0.3) is 0 Å². The number of carbonyl (C=O) groups is 1. The maximum atomic E-state index is 12.2. The largest absolute Gasteiger partial charge is 0.484 e. The van der Waals surface area contributed by atoms with Crippen LogP contribution in [0.5, 0.6) is 5.75 Å². The lowest BCUT2D eigenvalue weighted by Crippen LogP contribution is -2.20. The van der Waals surface area contributed by atoms with E-state index in [4.69, 9.17) is 22.7 Å². The average molecular weight is 306 g/mol. The molecule has 0 heterocycles. The van der Waals surface area contributed by atoms with Gasteiger partial charge in [-0.2, -0.15) is 0 Å². The van der Waals surface area contributed by atoms with Gasteiger partial charge >= 0.3 is 0 Å². The molecular weight excluding hydrogens is 284 g/mol. The fraction of sp³-hybridized carbons (Fsp3) is 0.500. The number of carbonyl (C=O) groups excluding carboxylic acids is 1. The molecule has 0 radical (unpaired) electrons. The molecule has 0 spiro atoms. The summed E-state index contributed by atoms with van der Waals surface area (Å²) in [6.07, 6.45) is 6.69. The number of ether oxygens (including phenoxy) is 1. The van der Waals surface area contributed by atoms with E-state index in [-0.39, 0.29) is 12.5 Å². The van der Waals surface area contributed by atoms with Gasteiger partial charge < -0.3 is 15.8 Å². The predicted molar refractivity (Wildman–Crippen MR) is 88.5 cm³/mol. The van der Waals surface area contributed by atoms with E-state index >= 15 is 0 Å². The zero-order valence-electron chi connectivity index (χ0n) is 12.1. The SMILES string of the molecule is NC(=S)COc1ccccc1NC(=O)CC1CCCCC1. The summed E-state index contributed by atoms with van der Waals surface area (Å²) in [5.41, 5.74) is 6.11. The van der Waals surface area contributed by atoms with Crippen LogP contribution in [-0.2, 0) is 4.79 Å². The number of nitrogens with two attached hydrogens (primary N) is 1. The second-order valence-corrected chi connectivity index (χ2v) is 6.03. The summed E-state index contributed by atoms with van der Waals surface area (Å²) in [4.78, 5) is 12.4. The third-order valence-electron chi connectivity index (χ3n) is 3.73. The van der Waals surface area contributed by atoms with E-state index in [1.54, 1.807) is 6.07 Å². The first kappa shape index (κ1) is 15.8. The fourth-order valence-corrected chi connectivity index (χ4v) is 2.76. The quantitative estimate of drug-likeness (QED) is 0.792.